The third kappa shape index (κ3) is 2.63. The van der Waals surface area contributed by atoms with Gasteiger partial charge in [0, 0.05) is 10.9 Å². The van der Waals surface area contributed by atoms with Crippen LogP contribution in [0.3, 0.4) is 0 Å². The molecule has 0 fully saturated rings. The molecule has 0 unspecified atom stereocenters. The van der Waals surface area contributed by atoms with Crippen molar-refractivity contribution in [1.82, 2.24) is 4.98 Å². The molecule has 4 rings (SSSR count). The number of fused-ring (bicyclic) bond motifs is 1. The minimum absolute atomic E-state index is 0.793. The van der Waals surface area contributed by atoms with Gasteiger partial charge in [-0.1, -0.05) is 72.8 Å². The zero-order chi connectivity index (χ0) is 16.4. The summed E-state index contributed by atoms with van der Waals surface area (Å²) in [6.07, 6.45) is 0. The molecule has 2 heteroatoms. The molecule has 0 radical (unpaired) electrons. The van der Waals surface area contributed by atoms with Crippen LogP contribution in [-0.2, 0) is 0 Å². The predicted octanol–water partition coefficient (Wildman–Crippen LogP) is 5.58. The number of benzene rings is 3. The van der Waals surface area contributed by atoms with Gasteiger partial charge in [0.05, 0.1) is 12.6 Å². The van der Waals surface area contributed by atoms with E-state index in [2.05, 4.69) is 48.5 Å². The van der Waals surface area contributed by atoms with E-state index in [1.165, 1.54) is 11.1 Å². The molecule has 116 valence electrons. The normalized spacial score (nSPS) is 10.7. The second-order valence-electron chi connectivity index (χ2n) is 5.68. The van der Waals surface area contributed by atoms with Gasteiger partial charge in [0.25, 0.3) is 0 Å². The topological polar surface area (TPSA) is 22.1 Å². The average molecular weight is 311 g/mol. The molecule has 0 saturated carbocycles. The first-order valence-corrected chi connectivity index (χ1v) is 7.95. The number of methoxy groups -OCH3 is 1. The Morgan fingerprint density at radius 1 is 0.667 bits per heavy atom. The van der Waals surface area contributed by atoms with Crippen LogP contribution >= 0.6 is 0 Å². The van der Waals surface area contributed by atoms with Gasteiger partial charge < -0.3 is 4.74 Å². The summed E-state index contributed by atoms with van der Waals surface area (Å²) < 4.78 is 5.56. The van der Waals surface area contributed by atoms with Crippen LogP contribution in [0.25, 0.3) is 33.3 Å². The van der Waals surface area contributed by atoms with Gasteiger partial charge >= 0.3 is 0 Å². The van der Waals surface area contributed by atoms with E-state index < -0.39 is 0 Å². The van der Waals surface area contributed by atoms with Crippen molar-refractivity contribution in [3.63, 3.8) is 0 Å². The number of hydrogen-bond acceptors (Lipinski definition) is 2. The van der Waals surface area contributed by atoms with Crippen molar-refractivity contribution in [2.45, 2.75) is 0 Å². The Morgan fingerprint density at radius 3 is 2.04 bits per heavy atom. The maximum absolute atomic E-state index is 5.56. The van der Waals surface area contributed by atoms with Gasteiger partial charge in [-0.15, -0.1) is 0 Å². The van der Waals surface area contributed by atoms with E-state index in [4.69, 9.17) is 9.72 Å². The second-order valence-corrected chi connectivity index (χ2v) is 5.68. The molecule has 0 aliphatic rings. The van der Waals surface area contributed by atoms with Crippen molar-refractivity contribution in [3.05, 3.63) is 84.9 Å². The third-order valence-electron chi connectivity index (χ3n) is 4.17. The summed E-state index contributed by atoms with van der Waals surface area (Å²) in [4.78, 5) is 4.79. The fraction of sp³-hybridized carbons (Fsp3) is 0.0455. The van der Waals surface area contributed by atoms with Crippen LogP contribution in [0.5, 0.6) is 5.75 Å². The summed E-state index contributed by atoms with van der Waals surface area (Å²) in [7, 11) is 1.69. The summed E-state index contributed by atoms with van der Waals surface area (Å²) in [6, 6.07) is 28.9. The van der Waals surface area contributed by atoms with E-state index in [-0.39, 0.29) is 0 Å². The molecule has 0 N–H and O–H groups in total. The highest BCUT2D eigenvalue weighted by Gasteiger charge is 2.10. The Morgan fingerprint density at radius 2 is 1.29 bits per heavy atom. The summed E-state index contributed by atoms with van der Waals surface area (Å²) in [6.45, 7) is 0. The Kier molecular flexibility index (Phi) is 3.72. The summed E-state index contributed by atoms with van der Waals surface area (Å²) in [5.41, 5.74) is 5.30. The number of para-hydroxylation sites is 1. The molecule has 2 nitrogen and oxygen atoms in total. The van der Waals surface area contributed by atoms with E-state index in [0.717, 1.165) is 27.9 Å². The first-order chi connectivity index (χ1) is 11.8. The van der Waals surface area contributed by atoms with E-state index in [1.807, 2.05) is 36.4 Å². The van der Waals surface area contributed by atoms with Gasteiger partial charge in [0.15, 0.2) is 0 Å². The molecule has 0 aliphatic heterocycles. The van der Waals surface area contributed by atoms with Crippen LogP contribution in [0.1, 0.15) is 0 Å². The molecule has 4 aromatic rings. The predicted molar refractivity (Wildman–Crippen MR) is 99.2 cm³/mol. The van der Waals surface area contributed by atoms with Crippen molar-refractivity contribution >= 4 is 10.9 Å². The molecule has 3 aromatic carbocycles. The Balaban J connectivity index is 1.79. The molecular formula is C22H17NO. The standard InChI is InChI=1S/C22H17NO/c1-24-21-15-19-9-5-6-10-20(19)23-22(21)18-13-11-17(12-14-18)16-7-3-2-4-8-16/h2-15H,1H3. The fourth-order valence-electron chi connectivity index (χ4n) is 2.91. The lowest BCUT2D eigenvalue weighted by molar-refractivity contribution is 0.415. The molecule has 24 heavy (non-hydrogen) atoms. The highest BCUT2D eigenvalue weighted by atomic mass is 16.5. The molecule has 0 saturated heterocycles. The first kappa shape index (κ1) is 14.5. The van der Waals surface area contributed by atoms with E-state index in [9.17, 15) is 0 Å². The van der Waals surface area contributed by atoms with Gasteiger partial charge in [-0.3, -0.25) is 0 Å². The minimum atomic E-state index is 0.793. The van der Waals surface area contributed by atoms with Gasteiger partial charge in [-0.05, 0) is 23.3 Å². The van der Waals surface area contributed by atoms with Crippen molar-refractivity contribution in [2.24, 2.45) is 0 Å². The smallest absolute Gasteiger partial charge is 0.145 e. The van der Waals surface area contributed by atoms with Crippen molar-refractivity contribution in [1.29, 1.82) is 0 Å². The lowest BCUT2D eigenvalue weighted by Crippen LogP contribution is -1.92. The average Bonchev–Trinajstić information content (AvgIpc) is 2.68. The van der Waals surface area contributed by atoms with Gasteiger partial charge in [0.1, 0.15) is 11.4 Å². The fourth-order valence-corrected chi connectivity index (χ4v) is 2.91. The van der Waals surface area contributed by atoms with Crippen LogP contribution in [0.15, 0.2) is 84.9 Å². The SMILES string of the molecule is COc1cc2ccccc2nc1-c1ccc(-c2ccccc2)cc1. The lowest BCUT2D eigenvalue weighted by atomic mass is 10.0. The van der Waals surface area contributed by atoms with Crippen molar-refractivity contribution in [3.8, 4) is 28.1 Å². The molecule has 1 aromatic heterocycles. The third-order valence-corrected chi connectivity index (χ3v) is 4.17. The van der Waals surface area contributed by atoms with Crippen LogP contribution in [0.4, 0.5) is 0 Å². The largest absolute Gasteiger partial charge is 0.494 e. The monoisotopic (exact) mass is 311 g/mol. The van der Waals surface area contributed by atoms with Crippen LogP contribution in [0.2, 0.25) is 0 Å². The van der Waals surface area contributed by atoms with Gasteiger partial charge in [0.2, 0.25) is 0 Å². The number of nitrogens with zero attached hydrogens (tertiary/aromatic N) is 1. The second kappa shape index (κ2) is 6.17. The highest BCUT2D eigenvalue weighted by Crippen LogP contribution is 2.32. The molecule has 0 spiro atoms. The first-order valence-electron chi connectivity index (χ1n) is 7.95. The summed E-state index contributed by atoms with van der Waals surface area (Å²) in [5, 5.41) is 1.08. The molecule has 0 aliphatic carbocycles. The summed E-state index contributed by atoms with van der Waals surface area (Å²) >= 11 is 0. The Labute approximate surface area is 141 Å². The van der Waals surface area contributed by atoms with Crippen molar-refractivity contribution in [2.75, 3.05) is 7.11 Å². The summed E-state index contributed by atoms with van der Waals surface area (Å²) in [5.74, 6) is 0.793. The minimum Gasteiger partial charge on any atom is -0.494 e. The zero-order valence-corrected chi connectivity index (χ0v) is 13.4. The zero-order valence-electron chi connectivity index (χ0n) is 13.4. The molecule has 0 bridgehead atoms. The molecular weight excluding hydrogens is 294 g/mol. The molecule has 0 amide bonds. The van der Waals surface area contributed by atoms with Crippen LogP contribution < -0.4 is 4.74 Å². The Bertz CT molecular complexity index is 976. The van der Waals surface area contributed by atoms with Crippen LogP contribution in [0, 0.1) is 0 Å². The van der Waals surface area contributed by atoms with E-state index in [0.29, 0.717) is 0 Å². The quantitative estimate of drug-likeness (QED) is 0.493. The van der Waals surface area contributed by atoms with Crippen molar-refractivity contribution < 1.29 is 4.74 Å². The maximum Gasteiger partial charge on any atom is 0.145 e. The number of pyridine rings is 1. The molecule has 0 atom stereocenters. The Hall–Kier alpha value is -3.13. The lowest BCUT2D eigenvalue weighted by Gasteiger charge is -2.10. The number of aromatic nitrogens is 1. The number of ether oxygens (including phenoxy) is 1. The van der Waals surface area contributed by atoms with E-state index in [1.54, 1.807) is 7.11 Å². The van der Waals surface area contributed by atoms with Crippen LogP contribution in [-0.4, -0.2) is 12.1 Å². The van der Waals surface area contributed by atoms with Gasteiger partial charge in [-0.25, -0.2) is 4.98 Å². The number of rotatable bonds is 3. The maximum atomic E-state index is 5.56. The van der Waals surface area contributed by atoms with E-state index >= 15 is 0 Å². The highest BCUT2D eigenvalue weighted by molar-refractivity contribution is 5.85. The number of hydrogen-bond donors (Lipinski definition) is 0. The van der Waals surface area contributed by atoms with Gasteiger partial charge in [-0.2, -0.15) is 0 Å². The molecule has 1 heterocycles.